The number of aliphatic imine (C=N–C) groups is 1. The van der Waals surface area contributed by atoms with Crippen LogP contribution in [0.4, 0.5) is 0 Å². The number of guanidine groups is 1. The topological polar surface area (TPSA) is 48.9 Å². The minimum Gasteiger partial charge on any atom is -0.382 e. The zero-order valence-corrected chi connectivity index (χ0v) is 15.1. The maximum Gasteiger partial charge on any atom is 0.191 e. The molecule has 0 aromatic rings. The molecule has 1 rings (SSSR count). The monoisotopic (exact) mass is 312 g/mol. The largest absolute Gasteiger partial charge is 0.382 e. The van der Waals surface area contributed by atoms with Crippen LogP contribution in [0.3, 0.4) is 0 Å². The first kappa shape index (κ1) is 19.2. The van der Waals surface area contributed by atoms with Crippen molar-refractivity contribution in [3.8, 4) is 0 Å². The van der Waals surface area contributed by atoms with Gasteiger partial charge in [-0.1, -0.05) is 6.42 Å². The Morgan fingerprint density at radius 1 is 1.14 bits per heavy atom. The van der Waals surface area contributed by atoms with Crippen LogP contribution in [0.25, 0.3) is 0 Å². The number of hydrogen-bond acceptors (Lipinski definition) is 3. The molecule has 0 atom stereocenters. The van der Waals surface area contributed by atoms with Crippen molar-refractivity contribution >= 4 is 5.96 Å². The highest BCUT2D eigenvalue weighted by atomic mass is 16.5. The molecule has 1 aliphatic rings. The normalized spacial score (nSPS) is 17.5. The van der Waals surface area contributed by atoms with Crippen molar-refractivity contribution in [2.75, 3.05) is 45.9 Å². The summed E-state index contributed by atoms with van der Waals surface area (Å²) in [4.78, 5) is 7.37. The third kappa shape index (κ3) is 7.45. The summed E-state index contributed by atoms with van der Waals surface area (Å²) in [5.74, 6) is 0.920. The molecule has 5 nitrogen and oxygen atoms in total. The summed E-state index contributed by atoms with van der Waals surface area (Å²) >= 11 is 0. The van der Waals surface area contributed by atoms with Gasteiger partial charge in [0.25, 0.3) is 0 Å². The first-order valence-corrected chi connectivity index (χ1v) is 8.95. The average molecular weight is 313 g/mol. The van der Waals surface area contributed by atoms with E-state index in [1.54, 1.807) is 0 Å². The second-order valence-electron chi connectivity index (χ2n) is 6.53. The summed E-state index contributed by atoms with van der Waals surface area (Å²) in [6.07, 6.45) is 5.03. The van der Waals surface area contributed by atoms with Crippen molar-refractivity contribution in [3.05, 3.63) is 0 Å². The van der Waals surface area contributed by atoms with Gasteiger partial charge in [0.05, 0.1) is 6.54 Å². The second-order valence-corrected chi connectivity index (χ2v) is 6.53. The van der Waals surface area contributed by atoms with E-state index >= 15 is 0 Å². The predicted octanol–water partition coefficient (Wildman–Crippen LogP) is 2.23. The lowest BCUT2D eigenvalue weighted by molar-refractivity contribution is 0.102. The van der Waals surface area contributed by atoms with Crippen LogP contribution in [-0.2, 0) is 4.74 Å². The van der Waals surface area contributed by atoms with Gasteiger partial charge in [-0.2, -0.15) is 0 Å². The molecule has 1 aliphatic heterocycles. The third-order valence-corrected chi connectivity index (χ3v) is 4.14. The molecular weight excluding hydrogens is 276 g/mol. The van der Waals surface area contributed by atoms with Gasteiger partial charge in [0.1, 0.15) is 0 Å². The summed E-state index contributed by atoms with van der Waals surface area (Å²) < 4.78 is 5.36. The van der Waals surface area contributed by atoms with Crippen LogP contribution < -0.4 is 10.6 Å². The van der Waals surface area contributed by atoms with Crippen LogP contribution in [0.15, 0.2) is 4.99 Å². The van der Waals surface area contributed by atoms with E-state index in [1.165, 1.54) is 32.4 Å². The van der Waals surface area contributed by atoms with Gasteiger partial charge in [0.15, 0.2) is 5.96 Å². The highest BCUT2D eigenvalue weighted by Gasteiger charge is 2.27. The van der Waals surface area contributed by atoms with Crippen molar-refractivity contribution in [3.63, 3.8) is 0 Å². The molecule has 1 fully saturated rings. The molecule has 0 unspecified atom stereocenters. The summed E-state index contributed by atoms with van der Waals surface area (Å²) in [5, 5.41) is 6.72. The van der Waals surface area contributed by atoms with E-state index in [0.29, 0.717) is 0 Å². The van der Waals surface area contributed by atoms with Crippen molar-refractivity contribution < 1.29 is 4.74 Å². The molecule has 0 spiro atoms. The Hall–Kier alpha value is -0.810. The van der Waals surface area contributed by atoms with Gasteiger partial charge >= 0.3 is 0 Å². The SMILES string of the molecule is CCNC(=NCC(C)(C)N1CCCCC1)NCCCOCC. The Kier molecular flexibility index (Phi) is 9.48. The van der Waals surface area contributed by atoms with Crippen LogP contribution in [0.2, 0.25) is 0 Å². The molecule has 130 valence electrons. The minimum absolute atomic E-state index is 0.133. The highest BCUT2D eigenvalue weighted by Crippen LogP contribution is 2.20. The Balaban J connectivity index is 2.41. The lowest BCUT2D eigenvalue weighted by Crippen LogP contribution is -2.49. The van der Waals surface area contributed by atoms with Crippen molar-refractivity contribution in [1.29, 1.82) is 0 Å². The van der Waals surface area contributed by atoms with Gasteiger partial charge < -0.3 is 15.4 Å². The quantitative estimate of drug-likeness (QED) is 0.389. The first-order valence-electron chi connectivity index (χ1n) is 8.95. The molecule has 5 heteroatoms. The van der Waals surface area contributed by atoms with Crippen LogP contribution in [0.5, 0.6) is 0 Å². The van der Waals surface area contributed by atoms with Gasteiger partial charge in [-0.3, -0.25) is 9.89 Å². The average Bonchev–Trinajstić information content (AvgIpc) is 2.53. The number of nitrogens with one attached hydrogen (secondary N) is 2. The number of rotatable bonds is 9. The van der Waals surface area contributed by atoms with E-state index in [1.807, 2.05) is 6.92 Å². The molecule has 0 aromatic heterocycles. The van der Waals surface area contributed by atoms with Crippen molar-refractivity contribution in [1.82, 2.24) is 15.5 Å². The number of likely N-dealkylation sites (tertiary alicyclic amines) is 1. The standard InChI is InChI=1S/C17H36N4O/c1-5-18-16(19-11-10-14-22-6-2)20-15-17(3,4)21-12-8-7-9-13-21/h5-15H2,1-4H3,(H2,18,19,20). The smallest absolute Gasteiger partial charge is 0.191 e. The molecule has 0 radical (unpaired) electrons. The Morgan fingerprint density at radius 2 is 1.86 bits per heavy atom. The molecule has 0 aliphatic carbocycles. The van der Waals surface area contributed by atoms with E-state index in [4.69, 9.17) is 9.73 Å². The summed E-state index contributed by atoms with van der Waals surface area (Å²) in [5.41, 5.74) is 0.133. The van der Waals surface area contributed by atoms with Gasteiger partial charge in [-0.15, -0.1) is 0 Å². The molecule has 0 bridgehead atoms. The van der Waals surface area contributed by atoms with E-state index in [-0.39, 0.29) is 5.54 Å². The van der Waals surface area contributed by atoms with Crippen LogP contribution in [0.1, 0.15) is 53.4 Å². The lowest BCUT2D eigenvalue weighted by Gasteiger charge is -2.40. The van der Waals surface area contributed by atoms with E-state index < -0.39 is 0 Å². The highest BCUT2D eigenvalue weighted by molar-refractivity contribution is 5.79. The fraction of sp³-hybridized carbons (Fsp3) is 0.941. The maximum atomic E-state index is 5.36. The summed E-state index contributed by atoms with van der Waals surface area (Å²) in [7, 11) is 0. The van der Waals surface area contributed by atoms with Crippen LogP contribution in [0, 0.1) is 0 Å². The van der Waals surface area contributed by atoms with Crippen LogP contribution >= 0.6 is 0 Å². The number of ether oxygens (including phenoxy) is 1. The number of piperidine rings is 1. The van der Waals surface area contributed by atoms with E-state index in [2.05, 4.69) is 36.3 Å². The summed E-state index contributed by atoms with van der Waals surface area (Å²) in [6, 6.07) is 0. The molecule has 22 heavy (non-hydrogen) atoms. The first-order chi connectivity index (χ1) is 10.6. The summed E-state index contributed by atoms with van der Waals surface area (Å²) in [6.45, 7) is 15.4. The minimum atomic E-state index is 0.133. The number of hydrogen-bond donors (Lipinski definition) is 2. The van der Waals surface area contributed by atoms with Gasteiger partial charge in [-0.25, -0.2) is 0 Å². The Morgan fingerprint density at radius 3 is 2.50 bits per heavy atom. The van der Waals surface area contributed by atoms with E-state index in [0.717, 1.165) is 45.2 Å². The van der Waals surface area contributed by atoms with Crippen LogP contribution in [-0.4, -0.2) is 62.3 Å². The van der Waals surface area contributed by atoms with Gasteiger partial charge in [-0.05, 0) is 60.0 Å². The fourth-order valence-corrected chi connectivity index (χ4v) is 2.74. The van der Waals surface area contributed by atoms with Crippen molar-refractivity contribution in [2.45, 2.75) is 58.9 Å². The zero-order valence-electron chi connectivity index (χ0n) is 15.1. The molecule has 2 N–H and O–H groups in total. The Bertz CT molecular complexity index is 312. The zero-order chi connectivity index (χ0) is 16.3. The van der Waals surface area contributed by atoms with Gasteiger partial charge in [0.2, 0.25) is 0 Å². The molecule has 0 saturated carbocycles. The lowest BCUT2D eigenvalue weighted by atomic mass is 9.99. The maximum absolute atomic E-state index is 5.36. The molecular formula is C17H36N4O. The van der Waals surface area contributed by atoms with Gasteiger partial charge in [0, 0.05) is 31.8 Å². The Labute approximate surface area is 136 Å². The molecule has 0 amide bonds. The molecule has 1 saturated heterocycles. The van der Waals surface area contributed by atoms with E-state index in [9.17, 15) is 0 Å². The number of nitrogens with zero attached hydrogens (tertiary/aromatic N) is 2. The van der Waals surface area contributed by atoms with Crippen molar-refractivity contribution in [2.24, 2.45) is 4.99 Å². The predicted molar refractivity (Wildman–Crippen MR) is 94.6 cm³/mol. The molecule has 1 heterocycles. The fourth-order valence-electron chi connectivity index (χ4n) is 2.74. The third-order valence-electron chi connectivity index (χ3n) is 4.14. The molecule has 0 aromatic carbocycles. The second kappa shape index (κ2) is 10.8.